The molecule has 3 nitrogen and oxygen atoms in total. The summed E-state index contributed by atoms with van der Waals surface area (Å²) < 4.78 is 0. The first-order chi connectivity index (χ1) is 9.83. The van der Waals surface area contributed by atoms with Crippen molar-refractivity contribution in [2.24, 2.45) is 5.92 Å². The summed E-state index contributed by atoms with van der Waals surface area (Å²) in [5.74, 6) is 0.961. The zero-order valence-electron chi connectivity index (χ0n) is 12.4. The van der Waals surface area contributed by atoms with Gasteiger partial charge in [0, 0.05) is 49.3 Å². The van der Waals surface area contributed by atoms with E-state index in [0.29, 0.717) is 0 Å². The normalized spacial score (nSPS) is 38.4. The van der Waals surface area contributed by atoms with Crippen LogP contribution in [0.5, 0.6) is 0 Å². The second kappa shape index (κ2) is 5.32. The van der Waals surface area contributed by atoms with E-state index in [9.17, 15) is 0 Å². The molecule has 5 rings (SSSR count). The number of nitrogens with zero attached hydrogens (tertiary/aromatic N) is 3. The van der Waals surface area contributed by atoms with Crippen LogP contribution in [0.1, 0.15) is 19.8 Å². The fraction of sp³-hybridized carbons (Fsp3) is 0.750. The summed E-state index contributed by atoms with van der Waals surface area (Å²) in [4.78, 5) is 8.07. The highest BCUT2D eigenvalue weighted by Crippen LogP contribution is 2.36. The van der Waals surface area contributed by atoms with Gasteiger partial charge in [-0.1, -0.05) is 0 Å². The first-order valence-electron chi connectivity index (χ1n) is 8.08. The van der Waals surface area contributed by atoms with Crippen molar-refractivity contribution in [1.29, 1.82) is 0 Å². The topological polar surface area (TPSA) is 9.72 Å². The molecule has 110 valence electrons. The maximum atomic E-state index is 2.80. The standard InChI is InChI=1S/C16H25N3S/c1-13-16(14-2-5-17(13)6-3-14)19-9-7-18(8-10-19)15-4-11-20-12-15/h4,11-14,16H,2-3,5-10H2,1H3/t13-,16-/m0/s1. The molecule has 0 N–H and O–H groups in total. The number of anilines is 1. The van der Waals surface area contributed by atoms with Gasteiger partial charge in [-0.25, -0.2) is 0 Å². The van der Waals surface area contributed by atoms with Crippen LogP contribution in [0.4, 0.5) is 5.69 Å². The van der Waals surface area contributed by atoms with Gasteiger partial charge in [0.1, 0.15) is 0 Å². The molecule has 4 heteroatoms. The largest absolute Gasteiger partial charge is 0.368 e. The SMILES string of the molecule is C[C@H]1[C@H](N2CCN(c3ccsc3)CC2)C2CCN1CC2. The number of fused-ring (bicyclic) bond motifs is 3. The van der Waals surface area contributed by atoms with Crippen molar-refractivity contribution in [2.75, 3.05) is 44.2 Å². The van der Waals surface area contributed by atoms with E-state index >= 15 is 0 Å². The molecule has 0 unspecified atom stereocenters. The molecule has 0 amide bonds. The van der Waals surface area contributed by atoms with Crippen molar-refractivity contribution < 1.29 is 0 Å². The van der Waals surface area contributed by atoms with Gasteiger partial charge >= 0.3 is 0 Å². The third kappa shape index (κ3) is 2.18. The van der Waals surface area contributed by atoms with Crippen LogP contribution in [0.25, 0.3) is 0 Å². The highest BCUT2D eigenvalue weighted by atomic mass is 32.1. The second-order valence-corrected chi connectivity index (χ2v) is 7.39. The molecule has 1 aromatic heterocycles. The van der Waals surface area contributed by atoms with Crippen LogP contribution < -0.4 is 4.90 Å². The molecule has 4 saturated heterocycles. The fourth-order valence-corrected chi connectivity index (χ4v) is 5.26. The molecule has 2 atom stereocenters. The van der Waals surface area contributed by atoms with Crippen molar-refractivity contribution in [1.82, 2.24) is 9.80 Å². The number of piperazine rings is 1. The lowest BCUT2D eigenvalue weighted by Gasteiger charge is -2.55. The van der Waals surface area contributed by atoms with Gasteiger partial charge < -0.3 is 4.90 Å². The van der Waals surface area contributed by atoms with E-state index in [0.717, 1.165) is 18.0 Å². The summed E-state index contributed by atoms with van der Waals surface area (Å²) in [7, 11) is 0. The maximum absolute atomic E-state index is 2.80. The number of hydrogen-bond donors (Lipinski definition) is 0. The van der Waals surface area contributed by atoms with Gasteiger partial charge in [0.05, 0.1) is 0 Å². The fourth-order valence-electron chi connectivity index (χ4n) is 4.60. The smallest absolute Gasteiger partial charge is 0.0475 e. The van der Waals surface area contributed by atoms with Gasteiger partial charge in [0.15, 0.2) is 0 Å². The van der Waals surface area contributed by atoms with Crippen molar-refractivity contribution in [3.63, 3.8) is 0 Å². The molecule has 4 fully saturated rings. The molecule has 0 aliphatic carbocycles. The van der Waals surface area contributed by atoms with Gasteiger partial charge in [-0.2, -0.15) is 11.3 Å². The van der Waals surface area contributed by atoms with Crippen LogP contribution in [0.2, 0.25) is 0 Å². The number of piperidine rings is 3. The highest BCUT2D eigenvalue weighted by molar-refractivity contribution is 7.08. The first-order valence-corrected chi connectivity index (χ1v) is 9.02. The predicted molar refractivity (Wildman–Crippen MR) is 85.7 cm³/mol. The van der Waals surface area contributed by atoms with Gasteiger partial charge in [-0.15, -0.1) is 0 Å². The summed E-state index contributed by atoms with van der Waals surface area (Å²) in [6, 6.07) is 3.86. The Hall–Kier alpha value is -0.580. The van der Waals surface area contributed by atoms with E-state index < -0.39 is 0 Å². The Morgan fingerprint density at radius 2 is 1.75 bits per heavy atom. The molecule has 4 aliphatic rings. The molecular formula is C16H25N3S. The third-order valence-corrected chi connectivity index (χ3v) is 6.41. The van der Waals surface area contributed by atoms with Gasteiger partial charge in [0.25, 0.3) is 0 Å². The van der Waals surface area contributed by atoms with Gasteiger partial charge in [-0.3, -0.25) is 9.80 Å². The summed E-state index contributed by atoms with van der Waals surface area (Å²) in [6.45, 7) is 10.0. The molecular weight excluding hydrogens is 266 g/mol. The van der Waals surface area contributed by atoms with Crippen molar-refractivity contribution >= 4 is 17.0 Å². The van der Waals surface area contributed by atoms with Gasteiger partial charge in [0.2, 0.25) is 0 Å². The molecule has 0 radical (unpaired) electrons. The van der Waals surface area contributed by atoms with E-state index in [2.05, 4.69) is 38.4 Å². The Balaban J connectivity index is 1.42. The minimum atomic E-state index is 0.773. The summed E-state index contributed by atoms with van der Waals surface area (Å²) in [6.07, 6.45) is 2.86. The lowest BCUT2D eigenvalue weighted by Crippen LogP contribution is -2.65. The first kappa shape index (κ1) is 13.1. The van der Waals surface area contributed by atoms with E-state index in [1.54, 1.807) is 0 Å². The monoisotopic (exact) mass is 291 g/mol. The van der Waals surface area contributed by atoms with Crippen LogP contribution >= 0.6 is 11.3 Å². The van der Waals surface area contributed by atoms with Crippen LogP contribution in [0.15, 0.2) is 16.8 Å². The molecule has 2 bridgehead atoms. The predicted octanol–water partition coefficient (Wildman–Crippen LogP) is 2.35. The molecule has 1 aromatic rings. The van der Waals surface area contributed by atoms with Crippen molar-refractivity contribution in [2.45, 2.75) is 31.8 Å². The third-order valence-electron chi connectivity index (χ3n) is 5.73. The molecule has 4 aliphatic heterocycles. The summed E-state index contributed by atoms with van der Waals surface area (Å²) >= 11 is 1.81. The number of thiophene rings is 1. The van der Waals surface area contributed by atoms with E-state index in [-0.39, 0.29) is 0 Å². The average Bonchev–Trinajstić information content (AvgIpc) is 3.03. The van der Waals surface area contributed by atoms with Gasteiger partial charge in [-0.05, 0) is 50.2 Å². The quantitative estimate of drug-likeness (QED) is 0.828. The Kier molecular flexibility index (Phi) is 3.49. The average molecular weight is 291 g/mol. The lowest BCUT2D eigenvalue weighted by atomic mass is 9.78. The van der Waals surface area contributed by atoms with Crippen molar-refractivity contribution in [3.05, 3.63) is 16.8 Å². The van der Waals surface area contributed by atoms with Crippen LogP contribution in [0, 0.1) is 5.92 Å². The molecule has 0 spiro atoms. The van der Waals surface area contributed by atoms with E-state index in [1.165, 1.54) is 57.8 Å². The zero-order chi connectivity index (χ0) is 13.5. The van der Waals surface area contributed by atoms with Crippen LogP contribution in [0.3, 0.4) is 0 Å². The zero-order valence-corrected chi connectivity index (χ0v) is 13.2. The molecule has 5 heterocycles. The Bertz CT molecular complexity index is 429. The number of rotatable bonds is 2. The Morgan fingerprint density at radius 3 is 2.35 bits per heavy atom. The molecule has 0 saturated carbocycles. The molecule has 0 aromatic carbocycles. The summed E-state index contributed by atoms with van der Waals surface area (Å²) in [5, 5.41) is 4.48. The second-order valence-electron chi connectivity index (χ2n) is 6.61. The van der Waals surface area contributed by atoms with Crippen LogP contribution in [-0.2, 0) is 0 Å². The minimum Gasteiger partial charge on any atom is -0.368 e. The summed E-state index contributed by atoms with van der Waals surface area (Å²) in [5.41, 5.74) is 1.43. The number of hydrogen-bond acceptors (Lipinski definition) is 4. The van der Waals surface area contributed by atoms with Crippen LogP contribution in [-0.4, -0.2) is 61.2 Å². The lowest BCUT2D eigenvalue weighted by molar-refractivity contribution is -0.0384. The maximum Gasteiger partial charge on any atom is 0.0475 e. The van der Waals surface area contributed by atoms with E-state index in [4.69, 9.17) is 0 Å². The van der Waals surface area contributed by atoms with Crippen molar-refractivity contribution in [3.8, 4) is 0 Å². The Labute approximate surface area is 126 Å². The Morgan fingerprint density at radius 1 is 1.00 bits per heavy atom. The minimum absolute atomic E-state index is 0.773. The van der Waals surface area contributed by atoms with E-state index in [1.807, 2.05) is 11.3 Å². The molecule has 20 heavy (non-hydrogen) atoms. The highest BCUT2D eigenvalue weighted by Gasteiger charge is 2.43.